The van der Waals surface area contributed by atoms with E-state index < -0.39 is 12.0 Å². The molecule has 8 heteroatoms. The summed E-state index contributed by atoms with van der Waals surface area (Å²) in [7, 11) is 0. The molecule has 0 atom stereocenters. The molecule has 0 unspecified atom stereocenters. The molecule has 21 heavy (non-hydrogen) atoms. The highest BCUT2D eigenvalue weighted by Crippen LogP contribution is 2.24. The smallest absolute Gasteiger partial charge is 0.319 e. The van der Waals surface area contributed by atoms with Crippen molar-refractivity contribution in [1.29, 1.82) is 0 Å². The van der Waals surface area contributed by atoms with E-state index in [1.54, 1.807) is 6.07 Å². The lowest BCUT2D eigenvalue weighted by Gasteiger charge is -2.07. The summed E-state index contributed by atoms with van der Waals surface area (Å²) in [5.41, 5.74) is 0.445. The van der Waals surface area contributed by atoms with Crippen molar-refractivity contribution >= 4 is 46.7 Å². The average Bonchev–Trinajstić information content (AvgIpc) is 2.40. The van der Waals surface area contributed by atoms with E-state index in [1.807, 2.05) is 0 Å². The first-order valence-electron chi connectivity index (χ1n) is 6.12. The lowest BCUT2D eigenvalue weighted by molar-refractivity contribution is -0.137. The van der Waals surface area contributed by atoms with Crippen molar-refractivity contribution < 1.29 is 19.5 Å². The van der Waals surface area contributed by atoms with Crippen LogP contribution in [0.4, 0.5) is 10.5 Å². The fourth-order valence-corrected chi connectivity index (χ4v) is 1.75. The van der Waals surface area contributed by atoms with Crippen LogP contribution in [0.2, 0.25) is 10.0 Å². The van der Waals surface area contributed by atoms with Gasteiger partial charge in [0.15, 0.2) is 5.78 Å². The number of anilines is 1. The van der Waals surface area contributed by atoms with Crippen molar-refractivity contribution in [2.75, 3.05) is 11.9 Å². The molecule has 0 aliphatic heterocycles. The van der Waals surface area contributed by atoms with Crippen molar-refractivity contribution in [3.8, 4) is 0 Å². The van der Waals surface area contributed by atoms with Crippen molar-refractivity contribution in [1.82, 2.24) is 5.32 Å². The van der Waals surface area contributed by atoms with Gasteiger partial charge in [0.1, 0.15) is 0 Å². The number of carbonyl (C=O) groups excluding carboxylic acids is 2. The van der Waals surface area contributed by atoms with E-state index in [0.717, 1.165) is 0 Å². The Morgan fingerprint density at radius 3 is 2.43 bits per heavy atom. The molecule has 6 nitrogen and oxygen atoms in total. The molecular weight excluding hydrogens is 319 g/mol. The zero-order valence-electron chi connectivity index (χ0n) is 11.0. The number of ketones is 1. The summed E-state index contributed by atoms with van der Waals surface area (Å²) in [6.45, 7) is -0.160. The summed E-state index contributed by atoms with van der Waals surface area (Å²) in [6.07, 6.45) is 0.296. The van der Waals surface area contributed by atoms with Gasteiger partial charge < -0.3 is 15.7 Å². The van der Waals surface area contributed by atoms with Crippen LogP contribution in [0.3, 0.4) is 0 Å². The number of aliphatic carboxylic acids is 1. The number of carboxylic acids is 1. The molecule has 0 aromatic heterocycles. The van der Waals surface area contributed by atoms with Gasteiger partial charge in [0.2, 0.25) is 0 Å². The number of carboxylic acid groups (broad SMARTS) is 1. The maximum atomic E-state index is 11.6. The normalized spacial score (nSPS) is 10.0. The highest BCUT2D eigenvalue weighted by atomic mass is 35.5. The fraction of sp³-hybridized carbons (Fsp3) is 0.308. The van der Waals surface area contributed by atoms with Gasteiger partial charge in [0.05, 0.1) is 16.6 Å². The summed E-state index contributed by atoms with van der Waals surface area (Å²) in [5.74, 6) is -1.19. The average molecular weight is 333 g/mol. The number of amides is 2. The predicted octanol–water partition coefficient (Wildman–Crippen LogP) is 2.94. The first-order valence-corrected chi connectivity index (χ1v) is 6.87. The summed E-state index contributed by atoms with van der Waals surface area (Å²) >= 11 is 11.5. The van der Waals surface area contributed by atoms with E-state index in [1.165, 1.54) is 12.1 Å². The van der Waals surface area contributed by atoms with Gasteiger partial charge in [-0.3, -0.25) is 9.59 Å². The third kappa shape index (κ3) is 6.97. The maximum Gasteiger partial charge on any atom is 0.319 e. The Labute approximate surface area is 131 Å². The monoisotopic (exact) mass is 332 g/mol. The molecule has 0 fully saturated rings. The van der Waals surface area contributed by atoms with Crippen LogP contribution in [-0.4, -0.2) is 29.4 Å². The second kappa shape index (κ2) is 8.49. The number of hydrogen-bond acceptors (Lipinski definition) is 3. The van der Waals surface area contributed by atoms with Crippen molar-refractivity contribution in [2.45, 2.75) is 19.3 Å². The van der Waals surface area contributed by atoms with Crippen LogP contribution in [0.25, 0.3) is 0 Å². The minimum atomic E-state index is -0.951. The number of nitrogens with one attached hydrogen (secondary N) is 2. The maximum absolute atomic E-state index is 11.6. The van der Waals surface area contributed by atoms with Crippen molar-refractivity contribution in [3.05, 3.63) is 28.2 Å². The van der Waals surface area contributed by atoms with Gasteiger partial charge in [0.25, 0.3) is 0 Å². The second-order valence-corrected chi connectivity index (χ2v) is 5.04. The van der Waals surface area contributed by atoms with Crippen LogP contribution < -0.4 is 10.6 Å². The van der Waals surface area contributed by atoms with Gasteiger partial charge in [-0.25, -0.2) is 4.79 Å². The van der Waals surface area contributed by atoms with Gasteiger partial charge in [-0.1, -0.05) is 23.2 Å². The summed E-state index contributed by atoms with van der Waals surface area (Å²) < 4.78 is 0. The zero-order chi connectivity index (χ0) is 15.8. The van der Waals surface area contributed by atoms with Gasteiger partial charge >= 0.3 is 12.0 Å². The van der Waals surface area contributed by atoms with Crippen LogP contribution in [0.1, 0.15) is 19.3 Å². The molecule has 0 heterocycles. The Morgan fingerprint density at radius 2 is 1.81 bits per heavy atom. The van der Waals surface area contributed by atoms with Gasteiger partial charge in [-0.2, -0.15) is 0 Å². The Balaban J connectivity index is 2.32. The molecule has 0 spiro atoms. The quantitative estimate of drug-likeness (QED) is 0.715. The van der Waals surface area contributed by atoms with Crippen LogP contribution in [0, 0.1) is 0 Å². The summed E-state index contributed by atoms with van der Waals surface area (Å²) in [5, 5.41) is 14.0. The largest absolute Gasteiger partial charge is 0.481 e. The third-order valence-corrected chi connectivity index (χ3v) is 3.21. The zero-order valence-corrected chi connectivity index (χ0v) is 12.5. The van der Waals surface area contributed by atoms with E-state index in [2.05, 4.69) is 10.6 Å². The van der Waals surface area contributed by atoms with E-state index in [4.69, 9.17) is 28.3 Å². The molecule has 0 bridgehead atoms. The van der Waals surface area contributed by atoms with Crippen LogP contribution >= 0.6 is 23.2 Å². The van der Waals surface area contributed by atoms with Crippen molar-refractivity contribution in [3.63, 3.8) is 0 Å². The van der Waals surface area contributed by atoms with Crippen LogP contribution in [0.15, 0.2) is 18.2 Å². The van der Waals surface area contributed by atoms with Gasteiger partial charge in [-0.05, 0) is 24.6 Å². The number of halogens is 2. The van der Waals surface area contributed by atoms with Crippen LogP contribution in [0.5, 0.6) is 0 Å². The Kier molecular flexibility index (Phi) is 6.98. The molecule has 1 rings (SSSR count). The molecule has 0 aliphatic rings. The first kappa shape index (κ1) is 17.3. The van der Waals surface area contributed by atoms with Crippen molar-refractivity contribution in [2.24, 2.45) is 0 Å². The van der Waals surface area contributed by atoms with E-state index in [0.29, 0.717) is 15.7 Å². The molecule has 3 N–H and O–H groups in total. The number of benzene rings is 1. The molecule has 0 radical (unpaired) electrons. The Hall–Kier alpha value is -1.79. The second-order valence-electron chi connectivity index (χ2n) is 4.22. The molecular formula is C13H14Cl2N2O4. The summed E-state index contributed by atoms with van der Waals surface area (Å²) in [4.78, 5) is 33.2. The van der Waals surface area contributed by atoms with E-state index in [9.17, 15) is 14.4 Å². The predicted molar refractivity (Wildman–Crippen MR) is 80.0 cm³/mol. The molecule has 1 aromatic rings. The highest BCUT2D eigenvalue weighted by molar-refractivity contribution is 6.42. The first-order chi connectivity index (χ1) is 9.88. The number of rotatable bonds is 7. The Bertz CT molecular complexity index is 549. The minimum Gasteiger partial charge on any atom is -0.481 e. The molecule has 0 saturated carbocycles. The minimum absolute atomic E-state index is 0.0682. The number of urea groups is 1. The molecule has 0 aliphatic carbocycles. The molecule has 1 aromatic carbocycles. The number of hydrogen-bond donors (Lipinski definition) is 3. The lowest BCUT2D eigenvalue weighted by atomic mass is 10.2. The summed E-state index contributed by atoms with van der Waals surface area (Å²) in [6, 6.07) is 4.04. The molecule has 2 amide bonds. The SMILES string of the molecule is O=C(O)CCCC(=O)CNC(=O)Nc1ccc(Cl)c(Cl)c1. The number of Topliss-reactive ketones (excluding diaryl/α,β-unsaturated/α-hetero) is 1. The lowest BCUT2D eigenvalue weighted by Crippen LogP contribution is -2.33. The third-order valence-electron chi connectivity index (χ3n) is 2.47. The fourth-order valence-electron chi connectivity index (χ4n) is 1.45. The highest BCUT2D eigenvalue weighted by Gasteiger charge is 2.08. The van der Waals surface area contributed by atoms with E-state index in [-0.39, 0.29) is 31.6 Å². The van der Waals surface area contributed by atoms with Crippen LogP contribution in [-0.2, 0) is 9.59 Å². The standard InChI is InChI=1S/C13H14Cl2N2O4/c14-10-5-4-8(6-11(10)15)17-13(21)16-7-9(18)2-1-3-12(19)20/h4-6H,1-3,7H2,(H,19,20)(H2,16,17,21). The Morgan fingerprint density at radius 1 is 1.10 bits per heavy atom. The van der Waals surface area contributed by atoms with E-state index >= 15 is 0 Å². The molecule has 0 saturated heterocycles. The number of carbonyl (C=O) groups is 3. The topological polar surface area (TPSA) is 95.5 Å². The van der Waals surface area contributed by atoms with Gasteiger partial charge in [-0.15, -0.1) is 0 Å². The van der Waals surface area contributed by atoms with Gasteiger partial charge in [0, 0.05) is 18.5 Å². The molecule has 114 valence electrons.